The highest BCUT2D eigenvalue weighted by molar-refractivity contribution is 4.23. The average Bonchev–Trinajstić information content (AvgIpc) is 1.85. The molecule has 76 valence electrons. The molecule has 0 atom stereocenters. The quantitative estimate of drug-likeness (QED) is 0.214. The first-order valence-corrected chi connectivity index (χ1v) is 4.11. The predicted octanol–water partition coefficient (Wildman–Crippen LogP) is -1.95. The van der Waals surface area contributed by atoms with Gasteiger partial charge in [-0.15, -0.1) is 0 Å². The summed E-state index contributed by atoms with van der Waals surface area (Å²) in [6, 6.07) is 0. The van der Waals surface area contributed by atoms with Crippen LogP contribution in [0.5, 0.6) is 0 Å². The molecule has 0 saturated carbocycles. The first kappa shape index (κ1) is 14.7. The molecule has 0 aromatic carbocycles. The number of nitrogens with zero attached hydrogens (tertiary/aromatic N) is 1. The second kappa shape index (κ2) is 7.80. The Hall–Kier alpha value is 0.170. The van der Waals surface area contributed by atoms with Gasteiger partial charge in [0.05, 0.1) is 27.7 Å². The Morgan fingerprint density at radius 3 is 1.92 bits per heavy atom. The Bertz CT molecular complexity index is 93.5. The second-order valence-electron chi connectivity index (χ2n) is 3.66. The Labute approximate surface area is 81.6 Å². The number of quaternary nitrogens is 1. The molecule has 0 radical (unpaired) electrons. The van der Waals surface area contributed by atoms with E-state index < -0.39 is 0 Å². The molecule has 0 N–H and O–H groups in total. The molecule has 12 heavy (non-hydrogen) atoms. The highest BCUT2D eigenvalue weighted by Gasteiger charge is 2.05. The van der Waals surface area contributed by atoms with E-state index >= 15 is 0 Å². The minimum absolute atomic E-state index is 0. The molecule has 0 aliphatic rings. The first-order chi connectivity index (χ1) is 5.06. The molecule has 0 aliphatic carbocycles. The van der Waals surface area contributed by atoms with Gasteiger partial charge in [0.1, 0.15) is 13.2 Å². The summed E-state index contributed by atoms with van der Waals surface area (Å²) in [7, 11) is 6.38. The average molecular weight is 198 g/mol. The van der Waals surface area contributed by atoms with Gasteiger partial charge < -0.3 is 16.9 Å². The fourth-order valence-electron chi connectivity index (χ4n) is 0.512. The normalized spacial score (nSPS) is 11.0. The standard InChI is InChI=1S/C8H20NO2.ClH/c1-5-7-10-11-8-6-9(2,3)4;/h5-8H2,1-4H3;1H/q+1;/p-1. The van der Waals surface area contributed by atoms with Gasteiger partial charge in [-0.1, -0.05) is 6.92 Å². The van der Waals surface area contributed by atoms with Crippen LogP contribution in [0.3, 0.4) is 0 Å². The highest BCUT2D eigenvalue weighted by atomic mass is 35.5. The molecule has 0 aliphatic heterocycles. The van der Waals surface area contributed by atoms with Gasteiger partial charge in [-0.2, -0.15) is 0 Å². The summed E-state index contributed by atoms with van der Waals surface area (Å²) in [4.78, 5) is 9.80. The zero-order valence-electron chi connectivity index (χ0n) is 8.47. The maximum Gasteiger partial charge on any atom is 0.131 e. The molecule has 0 fully saturated rings. The molecular weight excluding hydrogens is 178 g/mol. The van der Waals surface area contributed by atoms with E-state index in [0.717, 1.165) is 17.4 Å². The van der Waals surface area contributed by atoms with Gasteiger partial charge in [0.15, 0.2) is 0 Å². The van der Waals surface area contributed by atoms with E-state index in [1.807, 2.05) is 0 Å². The third kappa shape index (κ3) is 12.8. The number of hydrogen-bond donors (Lipinski definition) is 0. The maximum atomic E-state index is 4.93. The summed E-state index contributed by atoms with van der Waals surface area (Å²) < 4.78 is 0.912. The zero-order chi connectivity index (χ0) is 8.74. The minimum atomic E-state index is 0. The second-order valence-corrected chi connectivity index (χ2v) is 3.66. The monoisotopic (exact) mass is 197 g/mol. The molecule has 0 heterocycles. The van der Waals surface area contributed by atoms with Gasteiger partial charge in [0, 0.05) is 0 Å². The van der Waals surface area contributed by atoms with Crippen molar-refractivity contribution < 1.29 is 26.7 Å². The SMILES string of the molecule is CCCOOCC[N+](C)(C)C.[Cl-]. The lowest BCUT2D eigenvalue weighted by Gasteiger charge is -2.22. The Morgan fingerprint density at radius 1 is 1.00 bits per heavy atom. The molecule has 0 amide bonds. The molecule has 3 nitrogen and oxygen atoms in total. The van der Waals surface area contributed by atoms with E-state index in [4.69, 9.17) is 9.78 Å². The largest absolute Gasteiger partial charge is 1.00 e. The van der Waals surface area contributed by atoms with Crippen LogP contribution in [-0.4, -0.2) is 45.4 Å². The third-order valence-corrected chi connectivity index (χ3v) is 1.22. The molecule has 0 aromatic heterocycles. The van der Waals surface area contributed by atoms with Crippen molar-refractivity contribution >= 4 is 0 Å². The minimum Gasteiger partial charge on any atom is -1.00 e. The van der Waals surface area contributed by atoms with Crippen LogP contribution < -0.4 is 12.4 Å². The van der Waals surface area contributed by atoms with Crippen molar-refractivity contribution in [1.29, 1.82) is 0 Å². The third-order valence-electron chi connectivity index (χ3n) is 1.22. The lowest BCUT2D eigenvalue weighted by atomic mass is 10.5. The molecule has 0 unspecified atom stereocenters. The first-order valence-electron chi connectivity index (χ1n) is 4.11. The molecule has 0 bridgehead atoms. The number of likely N-dealkylation sites (N-methyl/N-ethyl adjacent to an activating group) is 1. The van der Waals surface area contributed by atoms with Crippen LogP contribution >= 0.6 is 0 Å². The summed E-state index contributed by atoms with van der Waals surface area (Å²) in [6.45, 7) is 4.40. The number of halogens is 1. The van der Waals surface area contributed by atoms with Crippen LogP contribution in [0.1, 0.15) is 13.3 Å². The van der Waals surface area contributed by atoms with Crippen molar-refractivity contribution in [2.24, 2.45) is 0 Å². The molecule has 0 rings (SSSR count). The summed E-state index contributed by atoms with van der Waals surface area (Å²) in [6.07, 6.45) is 1.00. The van der Waals surface area contributed by atoms with Crippen molar-refractivity contribution in [3.8, 4) is 0 Å². The van der Waals surface area contributed by atoms with Crippen molar-refractivity contribution in [3.05, 3.63) is 0 Å². The van der Waals surface area contributed by atoms with Gasteiger partial charge in [-0.25, -0.2) is 9.78 Å². The van der Waals surface area contributed by atoms with E-state index in [1.165, 1.54) is 0 Å². The zero-order valence-corrected chi connectivity index (χ0v) is 9.23. The van der Waals surface area contributed by atoms with E-state index in [0.29, 0.717) is 13.2 Å². The smallest absolute Gasteiger partial charge is 0.131 e. The van der Waals surface area contributed by atoms with E-state index in [1.54, 1.807) is 0 Å². The lowest BCUT2D eigenvalue weighted by molar-refractivity contribution is -0.871. The number of hydrogen-bond acceptors (Lipinski definition) is 2. The Balaban J connectivity index is 0. The fraction of sp³-hybridized carbons (Fsp3) is 1.00. The summed E-state index contributed by atoms with van der Waals surface area (Å²) in [5, 5.41) is 0. The van der Waals surface area contributed by atoms with Gasteiger partial charge in [0.25, 0.3) is 0 Å². The van der Waals surface area contributed by atoms with Crippen molar-refractivity contribution in [3.63, 3.8) is 0 Å². The topological polar surface area (TPSA) is 18.5 Å². The summed E-state index contributed by atoms with van der Waals surface area (Å²) in [5.41, 5.74) is 0. The van der Waals surface area contributed by atoms with Crippen molar-refractivity contribution in [2.75, 3.05) is 40.9 Å². The van der Waals surface area contributed by atoms with Crippen LogP contribution in [0.25, 0.3) is 0 Å². The maximum absolute atomic E-state index is 4.93. The summed E-state index contributed by atoms with van der Waals surface area (Å²) in [5.74, 6) is 0. The van der Waals surface area contributed by atoms with Crippen LogP contribution in [0, 0.1) is 0 Å². The Morgan fingerprint density at radius 2 is 1.50 bits per heavy atom. The van der Waals surface area contributed by atoms with Gasteiger partial charge >= 0.3 is 0 Å². The molecular formula is C8H20ClNO2. The van der Waals surface area contributed by atoms with Crippen LogP contribution in [0.4, 0.5) is 0 Å². The predicted molar refractivity (Wildman–Crippen MR) is 45.1 cm³/mol. The molecule has 0 saturated heterocycles. The Kier molecular flexibility index (Phi) is 9.54. The van der Waals surface area contributed by atoms with Crippen LogP contribution in [0.15, 0.2) is 0 Å². The van der Waals surface area contributed by atoms with E-state index in [9.17, 15) is 0 Å². The van der Waals surface area contributed by atoms with Gasteiger partial charge in [-0.3, -0.25) is 0 Å². The van der Waals surface area contributed by atoms with Crippen molar-refractivity contribution in [2.45, 2.75) is 13.3 Å². The molecule has 0 aromatic rings. The van der Waals surface area contributed by atoms with Gasteiger partial charge in [0.2, 0.25) is 0 Å². The molecule has 4 heteroatoms. The highest BCUT2D eigenvalue weighted by Crippen LogP contribution is 1.90. The lowest BCUT2D eigenvalue weighted by Crippen LogP contribution is -3.00. The van der Waals surface area contributed by atoms with Gasteiger partial charge in [-0.05, 0) is 6.42 Å². The van der Waals surface area contributed by atoms with Crippen molar-refractivity contribution in [1.82, 2.24) is 0 Å². The fourth-order valence-corrected chi connectivity index (χ4v) is 0.512. The van der Waals surface area contributed by atoms with E-state index in [-0.39, 0.29) is 12.4 Å². The number of rotatable bonds is 6. The molecule has 0 spiro atoms. The van der Waals surface area contributed by atoms with E-state index in [2.05, 4.69) is 28.1 Å². The van der Waals surface area contributed by atoms with Crippen LogP contribution in [-0.2, 0) is 9.78 Å². The van der Waals surface area contributed by atoms with Crippen LogP contribution in [0.2, 0.25) is 0 Å². The summed E-state index contributed by atoms with van der Waals surface area (Å²) >= 11 is 0.